The number of rotatable bonds is 7. The van der Waals surface area contributed by atoms with E-state index >= 15 is 0 Å². The second-order valence-electron chi connectivity index (χ2n) is 7.25. The molecule has 0 aliphatic heterocycles. The van der Waals surface area contributed by atoms with E-state index in [-0.39, 0.29) is 5.75 Å². The average Bonchev–Trinajstić information content (AvgIpc) is 3.50. The van der Waals surface area contributed by atoms with Crippen LogP contribution in [0.3, 0.4) is 0 Å². The Hall–Kier alpha value is -2.57. The van der Waals surface area contributed by atoms with Crippen LogP contribution in [-0.2, 0) is 23.9 Å². The van der Waals surface area contributed by atoms with E-state index in [0.717, 1.165) is 39.5 Å². The number of fused-ring (bicyclic) bond motifs is 1. The van der Waals surface area contributed by atoms with Gasteiger partial charge in [0.25, 0.3) is 5.69 Å². The van der Waals surface area contributed by atoms with Crippen molar-refractivity contribution in [3.63, 3.8) is 0 Å². The number of benzene rings is 2. The number of aryl methyl sites for hydroxylation is 1. The van der Waals surface area contributed by atoms with Crippen LogP contribution in [0, 0.1) is 5.92 Å². The number of hydrogen-bond acceptors (Lipinski definition) is 3. The van der Waals surface area contributed by atoms with Gasteiger partial charge in [0, 0.05) is 10.9 Å². The number of pyridine rings is 1. The third-order valence-electron chi connectivity index (χ3n) is 5.10. The van der Waals surface area contributed by atoms with Crippen LogP contribution in [0.15, 0.2) is 48.7 Å². The Bertz CT molecular complexity index is 1080. The molecule has 1 heterocycles. The summed E-state index contributed by atoms with van der Waals surface area (Å²) in [5, 5.41) is 1.81. The van der Waals surface area contributed by atoms with Gasteiger partial charge in [0.1, 0.15) is 12.8 Å². The van der Waals surface area contributed by atoms with Crippen molar-refractivity contribution in [3.8, 4) is 16.9 Å². The lowest BCUT2D eigenvalue weighted by molar-refractivity contribution is -0.671. The summed E-state index contributed by atoms with van der Waals surface area (Å²) in [6, 6.07) is 13.4. The average molecular weight is 396 g/mol. The highest BCUT2D eigenvalue weighted by molar-refractivity contribution is 7.78. The first-order chi connectivity index (χ1) is 13.6. The number of hydrogen-bond donors (Lipinski definition) is 1. The van der Waals surface area contributed by atoms with Crippen molar-refractivity contribution < 1.29 is 22.9 Å². The summed E-state index contributed by atoms with van der Waals surface area (Å²) in [5.74, 6) is 1.43. The summed E-state index contributed by atoms with van der Waals surface area (Å²) in [4.78, 5) is 11.6. The molecule has 1 fully saturated rings. The van der Waals surface area contributed by atoms with Crippen LogP contribution in [0.2, 0.25) is 0 Å². The summed E-state index contributed by atoms with van der Waals surface area (Å²) in [6.45, 7) is 0.675. The van der Waals surface area contributed by atoms with Crippen LogP contribution in [-0.4, -0.2) is 21.7 Å². The first-order valence-electron chi connectivity index (χ1n) is 9.27. The predicted octanol–water partition coefficient (Wildman–Crippen LogP) is 3.65. The van der Waals surface area contributed by atoms with Crippen molar-refractivity contribution in [2.24, 2.45) is 13.0 Å². The molecule has 6 heteroatoms. The van der Waals surface area contributed by atoms with Gasteiger partial charge in [0.05, 0.1) is 23.3 Å². The molecule has 0 spiro atoms. The van der Waals surface area contributed by atoms with Gasteiger partial charge >= 0.3 is 0 Å². The van der Waals surface area contributed by atoms with Crippen LogP contribution in [0.1, 0.15) is 28.9 Å². The summed E-state index contributed by atoms with van der Waals surface area (Å²) in [7, 11) is 1.84. The van der Waals surface area contributed by atoms with Gasteiger partial charge in [-0.05, 0) is 42.5 Å². The lowest BCUT2D eigenvalue weighted by Gasteiger charge is -2.14. The van der Waals surface area contributed by atoms with Crippen molar-refractivity contribution in [2.45, 2.75) is 18.6 Å². The van der Waals surface area contributed by atoms with Crippen LogP contribution in [0.25, 0.3) is 21.9 Å². The van der Waals surface area contributed by atoms with E-state index in [1.807, 2.05) is 60.3 Å². The molecule has 0 saturated heterocycles. The zero-order valence-electron chi connectivity index (χ0n) is 15.6. The lowest BCUT2D eigenvalue weighted by Crippen LogP contribution is -2.33. The SMILES string of the molecule is C[n+]1cc(-c2cc(CS(=O)O)ccc2OCC2CC2)c2ccccc2c1C=O. The molecule has 4 rings (SSSR count). The summed E-state index contributed by atoms with van der Waals surface area (Å²) >= 11 is -1.92. The van der Waals surface area contributed by atoms with Gasteiger partial charge < -0.3 is 9.29 Å². The molecule has 28 heavy (non-hydrogen) atoms. The second-order valence-corrected chi connectivity index (χ2v) is 8.18. The molecule has 1 N–H and O–H groups in total. The van der Waals surface area contributed by atoms with Gasteiger partial charge in [0.2, 0.25) is 6.29 Å². The van der Waals surface area contributed by atoms with Gasteiger partial charge in [-0.2, -0.15) is 4.57 Å². The third kappa shape index (κ3) is 3.84. The zero-order valence-corrected chi connectivity index (χ0v) is 16.4. The number of aldehydes is 1. The highest BCUT2D eigenvalue weighted by Gasteiger charge is 2.24. The fourth-order valence-electron chi connectivity index (χ4n) is 3.46. The van der Waals surface area contributed by atoms with Crippen molar-refractivity contribution >= 4 is 28.1 Å². The standard InChI is InChI=1S/C22H21NO4S/c1-23-11-20(17-4-2-3-5-18(17)21(23)12-24)19-10-16(14-28(25)26)8-9-22(19)27-13-15-6-7-15/h2-5,8-12,15H,6-7,13-14H2,1H3/p+1. The van der Waals surface area contributed by atoms with E-state index < -0.39 is 11.1 Å². The Morgan fingerprint density at radius 3 is 2.61 bits per heavy atom. The minimum Gasteiger partial charge on any atom is -0.493 e. The van der Waals surface area contributed by atoms with E-state index in [4.69, 9.17) is 4.74 Å². The van der Waals surface area contributed by atoms with Gasteiger partial charge in [-0.25, -0.2) is 4.21 Å². The fraction of sp³-hybridized carbons (Fsp3) is 0.273. The lowest BCUT2D eigenvalue weighted by atomic mass is 9.97. The maximum atomic E-state index is 11.6. The van der Waals surface area contributed by atoms with Crippen LogP contribution in [0.5, 0.6) is 5.75 Å². The molecule has 1 saturated carbocycles. The Morgan fingerprint density at radius 2 is 1.93 bits per heavy atom. The largest absolute Gasteiger partial charge is 0.493 e. The molecule has 1 aliphatic rings. The van der Waals surface area contributed by atoms with Crippen LogP contribution >= 0.6 is 0 Å². The minimum absolute atomic E-state index is 0.0619. The second kappa shape index (κ2) is 7.81. The number of aromatic nitrogens is 1. The molecule has 5 nitrogen and oxygen atoms in total. The predicted molar refractivity (Wildman–Crippen MR) is 109 cm³/mol. The highest BCUT2D eigenvalue weighted by Crippen LogP contribution is 2.37. The molecule has 1 atom stereocenters. The maximum Gasteiger partial charge on any atom is 0.253 e. The van der Waals surface area contributed by atoms with Crippen LogP contribution in [0.4, 0.5) is 0 Å². The van der Waals surface area contributed by atoms with E-state index in [0.29, 0.717) is 18.2 Å². The minimum atomic E-state index is -1.92. The van der Waals surface area contributed by atoms with E-state index in [2.05, 4.69) is 0 Å². The monoisotopic (exact) mass is 396 g/mol. The highest BCUT2D eigenvalue weighted by atomic mass is 32.2. The molecule has 0 amide bonds. The number of carbonyl (C=O) groups is 1. The summed E-state index contributed by atoms with van der Waals surface area (Å²) in [5.41, 5.74) is 3.17. The van der Waals surface area contributed by atoms with Crippen molar-refractivity contribution in [3.05, 3.63) is 59.9 Å². The molecule has 3 aromatic rings. The molecule has 0 bridgehead atoms. The molecule has 1 unspecified atom stereocenters. The fourth-order valence-corrected chi connectivity index (χ4v) is 3.93. The number of carbonyl (C=O) groups excluding carboxylic acids is 1. The molecule has 1 aliphatic carbocycles. The Kier molecular flexibility index (Phi) is 5.24. The van der Waals surface area contributed by atoms with Gasteiger partial charge in [-0.15, -0.1) is 0 Å². The smallest absolute Gasteiger partial charge is 0.253 e. The topological polar surface area (TPSA) is 67.5 Å². The maximum absolute atomic E-state index is 11.6. The molecule has 1 aromatic heterocycles. The summed E-state index contributed by atoms with van der Waals surface area (Å²) < 4.78 is 28.5. The normalized spacial score (nSPS) is 14.8. The first-order valence-corrected chi connectivity index (χ1v) is 10.5. The van der Waals surface area contributed by atoms with Crippen molar-refractivity contribution in [2.75, 3.05) is 6.61 Å². The van der Waals surface area contributed by atoms with E-state index in [1.54, 1.807) is 0 Å². The number of ether oxygens (including phenoxy) is 1. The van der Waals surface area contributed by atoms with Gasteiger partial charge in [-0.1, -0.05) is 24.3 Å². The van der Waals surface area contributed by atoms with Crippen molar-refractivity contribution in [1.29, 1.82) is 0 Å². The molecule has 2 aromatic carbocycles. The Labute approximate surface area is 166 Å². The molecular weight excluding hydrogens is 374 g/mol. The first kappa shape index (κ1) is 18.8. The Balaban J connectivity index is 1.90. The van der Waals surface area contributed by atoms with E-state index in [9.17, 15) is 13.6 Å². The van der Waals surface area contributed by atoms with Crippen molar-refractivity contribution in [1.82, 2.24) is 0 Å². The third-order valence-corrected chi connectivity index (χ3v) is 5.68. The van der Waals surface area contributed by atoms with Gasteiger partial charge in [-0.3, -0.25) is 4.79 Å². The van der Waals surface area contributed by atoms with Crippen LogP contribution < -0.4 is 9.30 Å². The van der Waals surface area contributed by atoms with Gasteiger partial charge in [0.15, 0.2) is 17.3 Å². The molecule has 0 radical (unpaired) electrons. The quantitative estimate of drug-likeness (QED) is 0.376. The molecular formula is C22H22NO4S+. The Morgan fingerprint density at radius 1 is 1.18 bits per heavy atom. The summed E-state index contributed by atoms with van der Waals surface area (Å²) in [6.07, 6.45) is 5.18. The molecule has 144 valence electrons. The number of nitrogens with zero attached hydrogens (tertiary/aromatic N) is 1. The zero-order chi connectivity index (χ0) is 19.7. The van der Waals surface area contributed by atoms with E-state index in [1.165, 1.54) is 12.8 Å².